The van der Waals surface area contributed by atoms with Gasteiger partial charge in [-0.05, 0) is 13.3 Å². The first-order valence-corrected chi connectivity index (χ1v) is 5.01. The molecule has 68 valence electrons. The fourth-order valence-corrected chi connectivity index (χ4v) is 1.54. The van der Waals surface area contributed by atoms with Gasteiger partial charge in [-0.1, -0.05) is 22.9 Å². The lowest BCUT2D eigenvalue weighted by Gasteiger charge is -2.26. The maximum Gasteiger partial charge on any atom is 0.0766 e. The van der Waals surface area contributed by atoms with Crippen LogP contribution in [0.3, 0.4) is 0 Å². The van der Waals surface area contributed by atoms with E-state index < -0.39 is 5.60 Å². The smallest absolute Gasteiger partial charge is 0.0766 e. The van der Waals surface area contributed by atoms with Gasteiger partial charge in [-0.3, -0.25) is 0 Å². The fraction of sp³-hybridized carbons (Fsp3) is 1.00. The molecule has 0 spiro atoms. The molecule has 3 heteroatoms. The molecule has 0 fully saturated rings. The summed E-state index contributed by atoms with van der Waals surface area (Å²) in [5.74, 6) is 0. The van der Waals surface area contributed by atoms with Gasteiger partial charge in [-0.15, -0.1) is 0 Å². The van der Waals surface area contributed by atoms with Crippen LogP contribution in [0.5, 0.6) is 0 Å². The molecular weight excluding hydrogens is 208 g/mol. The van der Waals surface area contributed by atoms with E-state index in [1.54, 1.807) is 7.11 Å². The van der Waals surface area contributed by atoms with E-state index in [0.29, 0.717) is 11.8 Å². The zero-order valence-electron chi connectivity index (χ0n) is 7.43. The Morgan fingerprint density at radius 3 is 2.45 bits per heavy atom. The normalized spacial score (nSPS) is 19.4. The van der Waals surface area contributed by atoms with Crippen LogP contribution >= 0.6 is 15.9 Å². The average Bonchev–Trinajstić information content (AvgIpc) is 2.04. The Kier molecular flexibility index (Phi) is 5.30. The van der Waals surface area contributed by atoms with Crippen LogP contribution < -0.4 is 0 Å². The van der Waals surface area contributed by atoms with Gasteiger partial charge in [0.05, 0.1) is 11.7 Å². The van der Waals surface area contributed by atoms with Gasteiger partial charge in [0.1, 0.15) is 0 Å². The second-order valence-corrected chi connectivity index (χ2v) is 3.52. The van der Waals surface area contributed by atoms with Crippen molar-refractivity contribution in [3.63, 3.8) is 0 Å². The molecule has 0 aromatic heterocycles. The van der Waals surface area contributed by atoms with Crippen molar-refractivity contribution in [1.82, 2.24) is 0 Å². The highest BCUT2D eigenvalue weighted by Gasteiger charge is 2.25. The van der Waals surface area contributed by atoms with Crippen molar-refractivity contribution in [2.75, 3.05) is 12.4 Å². The predicted molar refractivity (Wildman–Crippen MR) is 50.1 cm³/mol. The van der Waals surface area contributed by atoms with Crippen LogP contribution in [0.25, 0.3) is 0 Å². The summed E-state index contributed by atoms with van der Waals surface area (Å²) in [5, 5.41) is 10.4. The Morgan fingerprint density at radius 2 is 2.18 bits per heavy atom. The number of alkyl halides is 1. The fourth-order valence-electron chi connectivity index (χ4n) is 0.912. The van der Waals surface area contributed by atoms with Gasteiger partial charge in [0.2, 0.25) is 0 Å². The molecule has 0 aliphatic carbocycles. The summed E-state index contributed by atoms with van der Waals surface area (Å²) in [4.78, 5) is 0. The standard InChI is InChI=1S/C8H17BrO2/c1-4-8(10,6-9)5-7(2)11-3/h7,10H,4-6H2,1-3H3. The van der Waals surface area contributed by atoms with Crippen LogP contribution in [0.2, 0.25) is 0 Å². The van der Waals surface area contributed by atoms with Gasteiger partial charge >= 0.3 is 0 Å². The number of ether oxygens (including phenoxy) is 1. The minimum Gasteiger partial charge on any atom is -0.389 e. The summed E-state index contributed by atoms with van der Waals surface area (Å²) in [6, 6.07) is 0. The Labute approximate surface area is 77.1 Å². The number of methoxy groups -OCH3 is 1. The van der Waals surface area contributed by atoms with E-state index >= 15 is 0 Å². The molecule has 0 aliphatic rings. The molecular formula is C8H17BrO2. The number of halogens is 1. The Morgan fingerprint density at radius 1 is 1.64 bits per heavy atom. The van der Waals surface area contributed by atoms with Crippen molar-refractivity contribution in [3.05, 3.63) is 0 Å². The summed E-state index contributed by atoms with van der Waals surface area (Å²) in [6.45, 7) is 3.94. The number of rotatable bonds is 5. The average molecular weight is 225 g/mol. The molecule has 0 rings (SSSR count). The van der Waals surface area contributed by atoms with E-state index in [2.05, 4.69) is 15.9 Å². The third kappa shape index (κ3) is 4.09. The number of aliphatic hydroxyl groups is 1. The molecule has 0 radical (unpaired) electrons. The highest BCUT2D eigenvalue weighted by Crippen LogP contribution is 2.20. The Balaban J connectivity index is 3.86. The van der Waals surface area contributed by atoms with Gasteiger partial charge in [0.25, 0.3) is 0 Å². The van der Waals surface area contributed by atoms with Gasteiger partial charge in [-0.25, -0.2) is 0 Å². The van der Waals surface area contributed by atoms with Gasteiger partial charge in [-0.2, -0.15) is 0 Å². The molecule has 0 saturated carbocycles. The van der Waals surface area contributed by atoms with E-state index in [1.165, 1.54) is 0 Å². The Bertz CT molecular complexity index is 102. The minimum atomic E-state index is -0.602. The highest BCUT2D eigenvalue weighted by atomic mass is 79.9. The summed E-state index contributed by atoms with van der Waals surface area (Å²) in [7, 11) is 1.66. The first kappa shape index (κ1) is 11.4. The molecule has 2 atom stereocenters. The molecule has 1 N–H and O–H groups in total. The van der Waals surface area contributed by atoms with E-state index in [1.807, 2.05) is 13.8 Å². The molecule has 0 heterocycles. The van der Waals surface area contributed by atoms with Crippen LogP contribution in [-0.2, 0) is 4.74 Å². The van der Waals surface area contributed by atoms with Crippen molar-refractivity contribution in [2.45, 2.75) is 38.4 Å². The van der Waals surface area contributed by atoms with Crippen molar-refractivity contribution in [3.8, 4) is 0 Å². The number of hydrogen-bond donors (Lipinski definition) is 1. The summed E-state index contributed by atoms with van der Waals surface area (Å²) < 4.78 is 5.07. The van der Waals surface area contributed by atoms with Crippen molar-refractivity contribution in [2.24, 2.45) is 0 Å². The molecule has 0 saturated heterocycles. The molecule has 2 nitrogen and oxygen atoms in total. The second kappa shape index (κ2) is 5.12. The van der Waals surface area contributed by atoms with Crippen molar-refractivity contribution >= 4 is 15.9 Å². The maximum atomic E-state index is 9.80. The summed E-state index contributed by atoms with van der Waals surface area (Å²) in [6.07, 6.45) is 1.56. The largest absolute Gasteiger partial charge is 0.389 e. The second-order valence-electron chi connectivity index (χ2n) is 2.96. The lowest BCUT2D eigenvalue weighted by molar-refractivity contribution is -0.00425. The van der Waals surface area contributed by atoms with Crippen molar-refractivity contribution < 1.29 is 9.84 Å². The molecule has 0 aromatic carbocycles. The van der Waals surface area contributed by atoms with E-state index in [-0.39, 0.29) is 6.10 Å². The zero-order chi connectivity index (χ0) is 8.91. The topological polar surface area (TPSA) is 29.5 Å². The third-order valence-electron chi connectivity index (χ3n) is 1.98. The predicted octanol–water partition coefficient (Wildman–Crippen LogP) is 1.95. The molecule has 0 amide bonds. The van der Waals surface area contributed by atoms with Gasteiger partial charge in [0, 0.05) is 18.9 Å². The summed E-state index contributed by atoms with van der Waals surface area (Å²) >= 11 is 3.28. The number of hydrogen-bond acceptors (Lipinski definition) is 2. The zero-order valence-corrected chi connectivity index (χ0v) is 9.02. The molecule has 0 aliphatic heterocycles. The minimum absolute atomic E-state index is 0.123. The monoisotopic (exact) mass is 224 g/mol. The molecule has 0 bridgehead atoms. The first-order valence-electron chi connectivity index (χ1n) is 3.89. The quantitative estimate of drug-likeness (QED) is 0.724. The third-order valence-corrected chi connectivity index (χ3v) is 3.02. The van der Waals surface area contributed by atoms with E-state index in [0.717, 1.165) is 6.42 Å². The van der Waals surface area contributed by atoms with E-state index in [9.17, 15) is 5.11 Å². The van der Waals surface area contributed by atoms with Crippen LogP contribution in [0.15, 0.2) is 0 Å². The van der Waals surface area contributed by atoms with Crippen LogP contribution in [0.1, 0.15) is 26.7 Å². The van der Waals surface area contributed by atoms with Crippen LogP contribution in [-0.4, -0.2) is 29.3 Å². The molecule has 0 aromatic rings. The first-order chi connectivity index (χ1) is 5.08. The molecule has 11 heavy (non-hydrogen) atoms. The Hall–Kier alpha value is 0.400. The van der Waals surface area contributed by atoms with Gasteiger partial charge < -0.3 is 9.84 Å². The lowest BCUT2D eigenvalue weighted by Crippen LogP contribution is -2.34. The van der Waals surface area contributed by atoms with Crippen LogP contribution in [0, 0.1) is 0 Å². The highest BCUT2D eigenvalue weighted by molar-refractivity contribution is 9.09. The van der Waals surface area contributed by atoms with Crippen molar-refractivity contribution in [1.29, 1.82) is 0 Å². The molecule has 2 unspecified atom stereocenters. The SMILES string of the molecule is CCC(O)(CBr)CC(C)OC. The van der Waals surface area contributed by atoms with Gasteiger partial charge in [0.15, 0.2) is 0 Å². The summed E-state index contributed by atoms with van der Waals surface area (Å²) in [5.41, 5.74) is -0.602. The van der Waals surface area contributed by atoms with Crippen LogP contribution in [0.4, 0.5) is 0 Å². The lowest BCUT2D eigenvalue weighted by atomic mass is 9.96. The maximum absolute atomic E-state index is 9.80. The van der Waals surface area contributed by atoms with E-state index in [4.69, 9.17) is 4.74 Å².